The van der Waals surface area contributed by atoms with Crippen LogP contribution in [0.2, 0.25) is 0 Å². The van der Waals surface area contributed by atoms with E-state index in [0.29, 0.717) is 48.7 Å². The molecule has 37 heavy (non-hydrogen) atoms. The number of carbonyl (C=O) groups is 2. The molecule has 4 rings (SSSR count). The third kappa shape index (κ3) is 5.91. The van der Waals surface area contributed by atoms with Gasteiger partial charge in [-0.3, -0.25) is 9.59 Å². The standard InChI is InChI=1S/C27H29FN4O4S/c1-18-8-10-22(29)21(16-18)26(33)30-25(19-6-4-3-5-7-19)27(34)32-14-12-31(13-15-32)23-11-9-20(28)17-24(23)37(2,35)36/h3-11,16-17,25H,12-15,29H2,1-2H3,(H,30,33)/t25-/m1/s1. The van der Waals surface area contributed by atoms with Gasteiger partial charge >= 0.3 is 0 Å². The number of nitrogens with two attached hydrogens (primary N) is 1. The van der Waals surface area contributed by atoms with E-state index >= 15 is 0 Å². The Morgan fingerprint density at radius 1 is 0.973 bits per heavy atom. The van der Waals surface area contributed by atoms with E-state index in [1.807, 2.05) is 24.0 Å². The van der Waals surface area contributed by atoms with Crippen LogP contribution < -0.4 is 16.0 Å². The van der Waals surface area contributed by atoms with Crippen molar-refractivity contribution >= 4 is 33.0 Å². The van der Waals surface area contributed by atoms with E-state index in [2.05, 4.69) is 5.32 Å². The second-order valence-electron chi connectivity index (χ2n) is 9.10. The van der Waals surface area contributed by atoms with E-state index < -0.39 is 27.6 Å². The van der Waals surface area contributed by atoms with Crippen LogP contribution in [0.4, 0.5) is 15.8 Å². The van der Waals surface area contributed by atoms with E-state index in [0.717, 1.165) is 17.9 Å². The maximum absolute atomic E-state index is 13.8. The number of nitrogens with zero attached hydrogens (tertiary/aromatic N) is 2. The number of anilines is 2. The van der Waals surface area contributed by atoms with Crippen LogP contribution in [0.1, 0.15) is 27.5 Å². The summed E-state index contributed by atoms with van der Waals surface area (Å²) in [5.41, 5.74) is 8.53. The van der Waals surface area contributed by atoms with Crippen molar-refractivity contribution in [1.82, 2.24) is 10.2 Å². The zero-order chi connectivity index (χ0) is 26.7. The van der Waals surface area contributed by atoms with Gasteiger partial charge in [0.2, 0.25) is 5.91 Å². The van der Waals surface area contributed by atoms with Gasteiger partial charge in [-0.15, -0.1) is 0 Å². The smallest absolute Gasteiger partial charge is 0.254 e. The molecule has 10 heteroatoms. The Bertz CT molecular complexity index is 1420. The first-order valence-electron chi connectivity index (χ1n) is 11.8. The van der Waals surface area contributed by atoms with Crippen molar-refractivity contribution in [3.05, 3.63) is 89.2 Å². The van der Waals surface area contributed by atoms with E-state index in [1.54, 1.807) is 41.3 Å². The molecule has 3 N–H and O–H groups in total. The first-order chi connectivity index (χ1) is 17.5. The van der Waals surface area contributed by atoms with Crippen LogP contribution in [0.5, 0.6) is 0 Å². The van der Waals surface area contributed by atoms with Crippen LogP contribution >= 0.6 is 0 Å². The van der Waals surface area contributed by atoms with Crippen LogP contribution in [0.15, 0.2) is 71.6 Å². The van der Waals surface area contributed by atoms with Gasteiger partial charge in [0.1, 0.15) is 11.9 Å². The monoisotopic (exact) mass is 524 g/mol. The Kier molecular flexibility index (Phi) is 7.49. The number of carbonyl (C=O) groups excluding carboxylic acids is 2. The Morgan fingerprint density at radius 3 is 2.30 bits per heavy atom. The number of sulfone groups is 1. The van der Waals surface area contributed by atoms with Crippen molar-refractivity contribution in [3.8, 4) is 0 Å². The van der Waals surface area contributed by atoms with Gasteiger partial charge in [-0.25, -0.2) is 12.8 Å². The zero-order valence-electron chi connectivity index (χ0n) is 20.6. The van der Waals surface area contributed by atoms with Gasteiger partial charge in [0, 0.05) is 38.1 Å². The fourth-order valence-electron chi connectivity index (χ4n) is 4.41. The summed E-state index contributed by atoms with van der Waals surface area (Å²) in [6.45, 7) is 3.14. The number of halogens is 1. The summed E-state index contributed by atoms with van der Waals surface area (Å²) in [6, 6.07) is 16.9. The lowest BCUT2D eigenvalue weighted by molar-refractivity contribution is -0.133. The molecule has 0 spiro atoms. The maximum Gasteiger partial charge on any atom is 0.254 e. The summed E-state index contributed by atoms with van der Waals surface area (Å²) in [7, 11) is -3.65. The van der Waals surface area contributed by atoms with Crippen molar-refractivity contribution in [2.24, 2.45) is 0 Å². The van der Waals surface area contributed by atoms with Gasteiger partial charge in [0.15, 0.2) is 9.84 Å². The molecule has 194 valence electrons. The van der Waals surface area contributed by atoms with E-state index in [4.69, 9.17) is 5.73 Å². The molecule has 3 aromatic carbocycles. The minimum Gasteiger partial charge on any atom is -0.398 e. The molecular formula is C27H29FN4O4S. The number of hydrogen-bond acceptors (Lipinski definition) is 6. The number of amides is 2. The van der Waals surface area contributed by atoms with Gasteiger partial charge in [-0.1, -0.05) is 42.0 Å². The second-order valence-corrected chi connectivity index (χ2v) is 11.1. The molecule has 0 aromatic heterocycles. The van der Waals surface area contributed by atoms with Crippen LogP contribution in [-0.2, 0) is 14.6 Å². The number of nitrogen functional groups attached to an aromatic ring is 1. The third-order valence-electron chi connectivity index (χ3n) is 6.36. The van der Waals surface area contributed by atoms with Gasteiger partial charge in [0.05, 0.1) is 16.1 Å². The number of nitrogens with one attached hydrogen (secondary N) is 1. The van der Waals surface area contributed by atoms with E-state index in [-0.39, 0.29) is 10.8 Å². The number of piperazine rings is 1. The zero-order valence-corrected chi connectivity index (χ0v) is 21.5. The molecular weight excluding hydrogens is 495 g/mol. The molecule has 8 nitrogen and oxygen atoms in total. The van der Waals surface area contributed by atoms with Crippen molar-refractivity contribution in [1.29, 1.82) is 0 Å². The van der Waals surface area contributed by atoms with Crippen molar-refractivity contribution in [3.63, 3.8) is 0 Å². The molecule has 1 aliphatic rings. The highest BCUT2D eigenvalue weighted by molar-refractivity contribution is 7.90. The predicted octanol–water partition coefficient (Wildman–Crippen LogP) is 2.94. The first kappa shape index (κ1) is 26.2. The molecule has 0 unspecified atom stereocenters. The normalized spacial score (nSPS) is 14.8. The lowest BCUT2D eigenvalue weighted by Gasteiger charge is -2.38. The van der Waals surface area contributed by atoms with Crippen molar-refractivity contribution < 1.29 is 22.4 Å². The summed E-state index contributed by atoms with van der Waals surface area (Å²) in [4.78, 5) is 30.1. The van der Waals surface area contributed by atoms with Crippen molar-refractivity contribution in [2.45, 2.75) is 17.9 Å². The van der Waals surface area contributed by atoms with Crippen molar-refractivity contribution in [2.75, 3.05) is 43.1 Å². The first-order valence-corrected chi connectivity index (χ1v) is 13.7. The van der Waals surface area contributed by atoms with Crippen LogP contribution in [0, 0.1) is 12.7 Å². The third-order valence-corrected chi connectivity index (χ3v) is 7.49. The highest BCUT2D eigenvalue weighted by Gasteiger charge is 2.31. The Morgan fingerprint density at radius 2 is 1.65 bits per heavy atom. The summed E-state index contributed by atoms with van der Waals surface area (Å²) >= 11 is 0. The predicted molar refractivity (Wildman–Crippen MR) is 141 cm³/mol. The fourth-order valence-corrected chi connectivity index (χ4v) is 5.31. The van der Waals surface area contributed by atoms with Gasteiger partial charge in [-0.05, 0) is 42.8 Å². The molecule has 0 aliphatic carbocycles. The molecule has 0 saturated carbocycles. The van der Waals surface area contributed by atoms with Gasteiger partial charge < -0.3 is 20.9 Å². The van der Waals surface area contributed by atoms with E-state index in [1.165, 1.54) is 12.1 Å². The van der Waals surface area contributed by atoms with Gasteiger partial charge in [0.25, 0.3) is 5.91 Å². The number of aryl methyl sites for hydroxylation is 1. The minimum absolute atomic E-state index is 0.0857. The molecule has 0 radical (unpaired) electrons. The molecule has 1 atom stereocenters. The summed E-state index contributed by atoms with van der Waals surface area (Å²) in [5.74, 6) is -1.37. The second kappa shape index (κ2) is 10.6. The number of benzene rings is 3. The summed E-state index contributed by atoms with van der Waals surface area (Å²) in [6.07, 6.45) is 1.04. The topological polar surface area (TPSA) is 113 Å². The molecule has 1 fully saturated rings. The SMILES string of the molecule is Cc1ccc(N)c(C(=O)N[C@@H](C(=O)N2CCN(c3ccc(F)cc3S(C)(=O)=O)CC2)c2ccccc2)c1. The average Bonchev–Trinajstić information content (AvgIpc) is 2.88. The summed E-state index contributed by atoms with van der Waals surface area (Å²) < 4.78 is 38.2. The molecule has 1 aliphatic heterocycles. The van der Waals surface area contributed by atoms with E-state index in [9.17, 15) is 22.4 Å². The highest BCUT2D eigenvalue weighted by atomic mass is 32.2. The molecule has 3 aromatic rings. The van der Waals surface area contributed by atoms with Crippen LogP contribution in [0.25, 0.3) is 0 Å². The number of rotatable bonds is 6. The molecule has 0 bridgehead atoms. The molecule has 1 saturated heterocycles. The van der Waals surface area contributed by atoms with Crippen LogP contribution in [0.3, 0.4) is 0 Å². The Hall–Kier alpha value is -3.92. The average molecular weight is 525 g/mol. The van der Waals surface area contributed by atoms with Crippen LogP contribution in [-0.4, -0.2) is 57.6 Å². The largest absolute Gasteiger partial charge is 0.398 e. The number of hydrogen-bond donors (Lipinski definition) is 2. The highest BCUT2D eigenvalue weighted by Crippen LogP contribution is 2.28. The summed E-state index contributed by atoms with van der Waals surface area (Å²) in [5, 5.41) is 2.85. The lowest BCUT2D eigenvalue weighted by Crippen LogP contribution is -2.52. The lowest BCUT2D eigenvalue weighted by atomic mass is 10.0. The fraction of sp³-hybridized carbons (Fsp3) is 0.259. The van der Waals surface area contributed by atoms with Gasteiger partial charge in [-0.2, -0.15) is 0 Å². The Labute approximate surface area is 215 Å². The quantitative estimate of drug-likeness (QED) is 0.480. The molecule has 1 heterocycles. The maximum atomic E-state index is 13.8. The Balaban J connectivity index is 1.54. The minimum atomic E-state index is -3.65. The molecule has 2 amide bonds.